The van der Waals surface area contributed by atoms with Gasteiger partial charge in [-0.05, 0) is 31.7 Å². The van der Waals surface area contributed by atoms with E-state index in [1.807, 2.05) is 31.3 Å². The fourth-order valence-corrected chi connectivity index (χ4v) is 1.23. The molecule has 3 heteroatoms. The van der Waals surface area contributed by atoms with E-state index >= 15 is 0 Å². The van der Waals surface area contributed by atoms with Crippen LogP contribution < -0.4 is 10.6 Å². The molecule has 0 aliphatic heterocycles. The largest absolute Gasteiger partial charge is 0.326 e. The number of carbonyl (C=O) groups is 1. The van der Waals surface area contributed by atoms with Gasteiger partial charge in [0.25, 0.3) is 0 Å². The van der Waals surface area contributed by atoms with E-state index in [9.17, 15) is 4.79 Å². The smallest absolute Gasteiger partial charge is 0.221 e. The third-order valence-electron chi connectivity index (χ3n) is 2.16. The third kappa shape index (κ3) is 2.85. The third-order valence-corrected chi connectivity index (χ3v) is 2.16. The fourth-order valence-electron chi connectivity index (χ4n) is 1.23. The summed E-state index contributed by atoms with van der Waals surface area (Å²) in [4.78, 5) is 10.8. The quantitative estimate of drug-likeness (QED) is 0.768. The number of hydrogen-bond donors (Lipinski definition) is 2. The lowest BCUT2D eigenvalue weighted by molar-refractivity contribution is -0.114. The number of rotatable bonds is 3. The number of benzene rings is 1. The Morgan fingerprint density at radius 2 is 1.86 bits per heavy atom. The summed E-state index contributed by atoms with van der Waals surface area (Å²) < 4.78 is 0. The van der Waals surface area contributed by atoms with Crippen LogP contribution in [0.4, 0.5) is 5.69 Å². The molecule has 1 amide bonds. The van der Waals surface area contributed by atoms with Crippen molar-refractivity contribution in [1.82, 2.24) is 5.32 Å². The van der Waals surface area contributed by atoms with E-state index in [1.165, 1.54) is 12.5 Å². The molecule has 2 N–H and O–H groups in total. The van der Waals surface area contributed by atoms with Gasteiger partial charge in [-0.2, -0.15) is 0 Å². The molecular weight excluding hydrogens is 176 g/mol. The van der Waals surface area contributed by atoms with Crippen molar-refractivity contribution in [2.45, 2.75) is 19.9 Å². The van der Waals surface area contributed by atoms with Gasteiger partial charge in [-0.25, -0.2) is 0 Å². The summed E-state index contributed by atoms with van der Waals surface area (Å²) in [6.45, 7) is 3.59. The average molecular weight is 192 g/mol. The zero-order valence-corrected chi connectivity index (χ0v) is 8.79. The first-order valence-electron chi connectivity index (χ1n) is 4.68. The van der Waals surface area contributed by atoms with E-state index in [0.29, 0.717) is 6.04 Å². The van der Waals surface area contributed by atoms with Crippen molar-refractivity contribution in [3.8, 4) is 0 Å². The Hall–Kier alpha value is -1.35. The van der Waals surface area contributed by atoms with Crippen molar-refractivity contribution in [3.05, 3.63) is 29.8 Å². The Balaban J connectivity index is 2.73. The normalized spacial score (nSPS) is 12.2. The van der Waals surface area contributed by atoms with Crippen LogP contribution in [0.1, 0.15) is 25.5 Å². The number of carbonyl (C=O) groups excluding carboxylic acids is 1. The van der Waals surface area contributed by atoms with Gasteiger partial charge >= 0.3 is 0 Å². The molecule has 0 aliphatic carbocycles. The zero-order chi connectivity index (χ0) is 10.6. The van der Waals surface area contributed by atoms with Crippen molar-refractivity contribution in [3.63, 3.8) is 0 Å². The molecule has 3 nitrogen and oxygen atoms in total. The fraction of sp³-hybridized carbons (Fsp3) is 0.364. The SMILES string of the molecule is CNC(C)c1ccc(NC(C)=O)cc1. The van der Waals surface area contributed by atoms with Gasteiger partial charge in [-0.15, -0.1) is 0 Å². The molecule has 0 fully saturated rings. The second kappa shape index (κ2) is 4.77. The van der Waals surface area contributed by atoms with Gasteiger partial charge in [0.2, 0.25) is 5.91 Å². The second-order valence-electron chi connectivity index (χ2n) is 3.31. The van der Waals surface area contributed by atoms with Crippen molar-refractivity contribution in [2.75, 3.05) is 12.4 Å². The average Bonchev–Trinajstić information content (AvgIpc) is 2.17. The van der Waals surface area contributed by atoms with Gasteiger partial charge in [0, 0.05) is 18.7 Å². The molecule has 1 unspecified atom stereocenters. The molecule has 0 aromatic heterocycles. The van der Waals surface area contributed by atoms with Crippen LogP contribution in [-0.2, 0) is 4.79 Å². The Morgan fingerprint density at radius 1 is 1.29 bits per heavy atom. The molecule has 1 aromatic rings. The van der Waals surface area contributed by atoms with Crippen molar-refractivity contribution in [1.29, 1.82) is 0 Å². The predicted molar refractivity (Wildman–Crippen MR) is 58.2 cm³/mol. The zero-order valence-electron chi connectivity index (χ0n) is 8.79. The lowest BCUT2D eigenvalue weighted by Gasteiger charge is -2.11. The Labute approximate surface area is 84.5 Å². The molecule has 1 aromatic carbocycles. The molecule has 0 radical (unpaired) electrons. The molecule has 0 heterocycles. The lowest BCUT2D eigenvalue weighted by atomic mass is 10.1. The summed E-state index contributed by atoms with van der Waals surface area (Å²) in [6, 6.07) is 8.16. The number of nitrogens with one attached hydrogen (secondary N) is 2. The Bertz CT molecular complexity index is 306. The van der Waals surface area contributed by atoms with Crippen molar-refractivity contribution < 1.29 is 4.79 Å². The van der Waals surface area contributed by atoms with Gasteiger partial charge in [0.15, 0.2) is 0 Å². The number of anilines is 1. The van der Waals surface area contributed by atoms with Gasteiger partial charge < -0.3 is 10.6 Å². The standard InChI is InChI=1S/C11H16N2O/c1-8(12-3)10-4-6-11(7-5-10)13-9(2)14/h4-8,12H,1-3H3,(H,13,14). The Kier molecular flexibility index (Phi) is 3.65. The predicted octanol–water partition coefficient (Wildman–Crippen LogP) is 1.93. The van der Waals surface area contributed by atoms with Crippen molar-refractivity contribution in [2.24, 2.45) is 0 Å². The van der Waals surface area contributed by atoms with Crippen molar-refractivity contribution >= 4 is 11.6 Å². The first-order valence-corrected chi connectivity index (χ1v) is 4.68. The summed E-state index contributed by atoms with van der Waals surface area (Å²) in [7, 11) is 1.92. The molecule has 0 bridgehead atoms. The maximum absolute atomic E-state index is 10.8. The van der Waals surface area contributed by atoms with Crippen LogP contribution in [0.25, 0.3) is 0 Å². The minimum Gasteiger partial charge on any atom is -0.326 e. The van der Waals surface area contributed by atoms with E-state index in [2.05, 4.69) is 17.6 Å². The van der Waals surface area contributed by atoms with Crippen LogP contribution >= 0.6 is 0 Å². The highest BCUT2D eigenvalue weighted by atomic mass is 16.1. The first kappa shape index (κ1) is 10.7. The molecule has 0 aliphatic rings. The minimum absolute atomic E-state index is 0.0422. The molecule has 0 saturated carbocycles. The van der Waals surface area contributed by atoms with E-state index in [4.69, 9.17) is 0 Å². The summed E-state index contributed by atoms with van der Waals surface area (Å²) in [5.74, 6) is -0.0422. The summed E-state index contributed by atoms with van der Waals surface area (Å²) >= 11 is 0. The van der Waals surface area contributed by atoms with Crippen LogP contribution in [0.15, 0.2) is 24.3 Å². The highest BCUT2D eigenvalue weighted by Crippen LogP contribution is 2.15. The van der Waals surface area contributed by atoms with E-state index in [0.717, 1.165) is 5.69 Å². The topological polar surface area (TPSA) is 41.1 Å². The second-order valence-corrected chi connectivity index (χ2v) is 3.31. The summed E-state index contributed by atoms with van der Waals surface area (Å²) in [5.41, 5.74) is 2.05. The summed E-state index contributed by atoms with van der Waals surface area (Å²) in [6.07, 6.45) is 0. The first-order chi connectivity index (χ1) is 6.63. The minimum atomic E-state index is -0.0422. The maximum Gasteiger partial charge on any atom is 0.221 e. The lowest BCUT2D eigenvalue weighted by Crippen LogP contribution is -2.12. The van der Waals surface area contributed by atoms with Gasteiger partial charge in [0.05, 0.1) is 0 Å². The van der Waals surface area contributed by atoms with Gasteiger partial charge in [-0.1, -0.05) is 12.1 Å². The molecule has 0 spiro atoms. The molecule has 14 heavy (non-hydrogen) atoms. The maximum atomic E-state index is 10.8. The molecule has 1 rings (SSSR count). The van der Waals surface area contributed by atoms with E-state index in [-0.39, 0.29) is 5.91 Å². The number of amides is 1. The van der Waals surface area contributed by atoms with E-state index in [1.54, 1.807) is 0 Å². The monoisotopic (exact) mass is 192 g/mol. The Morgan fingerprint density at radius 3 is 2.29 bits per heavy atom. The molecule has 1 atom stereocenters. The molecule has 0 saturated heterocycles. The van der Waals surface area contributed by atoms with Crippen LogP contribution in [0.3, 0.4) is 0 Å². The van der Waals surface area contributed by atoms with Crippen LogP contribution in [-0.4, -0.2) is 13.0 Å². The van der Waals surface area contributed by atoms with Crippen LogP contribution in [0.2, 0.25) is 0 Å². The number of hydrogen-bond acceptors (Lipinski definition) is 2. The highest BCUT2D eigenvalue weighted by Gasteiger charge is 2.01. The molecular formula is C11H16N2O. The van der Waals surface area contributed by atoms with Gasteiger partial charge in [-0.3, -0.25) is 4.79 Å². The van der Waals surface area contributed by atoms with E-state index < -0.39 is 0 Å². The highest BCUT2D eigenvalue weighted by molar-refractivity contribution is 5.88. The molecule has 76 valence electrons. The van der Waals surface area contributed by atoms with Crippen LogP contribution in [0.5, 0.6) is 0 Å². The van der Waals surface area contributed by atoms with Crippen LogP contribution in [0, 0.1) is 0 Å². The van der Waals surface area contributed by atoms with Gasteiger partial charge in [0.1, 0.15) is 0 Å². The summed E-state index contributed by atoms with van der Waals surface area (Å²) in [5, 5.41) is 5.88.